The summed E-state index contributed by atoms with van der Waals surface area (Å²) >= 11 is 0. The largest absolute Gasteiger partial charge is 0.396 e. The third kappa shape index (κ3) is 3.86. The van der Waals surface area contributed by atoms with Gasteiger partial charge in [-0.2, -0.15) is 5.10 Å². The van der Waals surface area contributed by atoms with Gasteiger partial charge in [0.25, 0.3) is 0 Å². The maximum atomic E-state index is 10.0. The SMILES string of the molecule is CC(C)c1ccc(-n2cc(CN3CC[C@H](CO)[C@@H](O)C3)cn2)cc1. The van der Waals surface area contributed by atoms with Crippen LogP contribution < -0.4 is 0 Å². The number of benzene rings is 1. The number of β-amino-alcohol motifs (C(OH)–C–C–N with tert-alkyl or cyclic N) is 1. The molecule has 0 bridgehead atoms. The van der Waals surface area contributed by atoms with Crippen molar-refractivity contribution in [2.45, 2.75) is 38.8 Å². The molecular formula is C19H27N3O2. The maximum Gasteiger partial charge on any atom is 0.0717 e. The fourth-order valence-corrected chi connectivity index (χ4v) is 3.26. The van der Waals surface area contributed by atoms with Crippen molar-refractivity contribution in [1.82, 2.24) is 14.7 Å². The van der Waals surface area contributed by atoms with Crippen molar-refractivity contribution >= 4 is 0 Å². The van der Waals surface area contributed by atoms with E-state index in [0.29, 0.717) is 12.5 Å². The minimum absolute atomic E-state index is 0.0171. The van der Waals surface area contributed by atoms with E-state index in [-0.39, 0.29) is 12.5 Å². The van der Waals surface area contributed by atoms with Crippen LogP contribution >= 0.6 is 0 Å². The summed E-state index contributed by atoms with van der Waals surface area (Å²) in [5, 5.41) is 23.7. The molecule has 0 spiro atoms. The van der Waals surface area contributed by atoms with Gasteiger partial charge in [0.1, 0.15) is 0 Å². The van der Waals surface area contributed by atoms with Crippen LogP contribution in [0.5, 0.6) is 0 Å². The van der Waals surface area contributed by atoms with Gasteiger partial charge in [0.05, 0.1) is 18.0 Å². The van der Waals surface area contributed by atoms with Crippen LogP contribution in [0, 0.1) is 5.92 Å². The molecule has 2 N–H and O–H groups in total. The molecule has 0 radical (unpaired) electrons. The van der Waals surface area contributed by atoms with Gasteiger partial charge in [-0.1, -0.05) is 26.0 Å². The molecule has 5 heteroatoms. The highest BCUT2D eigenvalue weighted by Crippen LogP contribution is 2.20. The van der Waals surface area contributed by atoms with E-state index < -0.39 is 6.10 Å². The molecule has 24 heavy (non-hydrogen) atoms. The summed E-state index contributed by atoms with van der Waals surface area (Å²) in [4.78, 5) is 2.22. The first-order chi connectivity index (χ1) is 11.6. The summed E-state index contributed by atoms with van der Waals surface area (Å²) < 4.78 is 1.90. The number of aliphatic hydroxyl groups is 2. The molecule has 5 nitrogen and oxygen atoms in total. The van der Waals surface area contributed by atoms with Crippen molar-refractivity contribution in [2.24, 2.45) is 5.92 Å². The first kappa shape index (κ1) is 17.1. The molecule has 0 saturated carbocycles. The van der Waals surface area contributed by atoms with Crippen LogP contribution in [0.25, 0.3) is 5.69 Å². The number of hydrogen-bond acceptors (Lipinski definition) is 4. The fraction of sp³-hybridized carbons (Fsp3) is 0.526. The smallest absolute Gasteiger partial charge is 0.0717 e. The quantitative estimate of drug-likeness (QED) is 0.882. The second kappa shape index (κ2) is 7.47. The summed E-state index contributed by atoms with van der Waals surface area (Å²) in [6.07, 6.45) is 4.33. The summed E-state index contributed by atoms with van der Waals surface area (Å²) in [5.74, 6) is 0.545. The molecule has 2 atom stereocenters. The Morgan fingerprint density at radius 1 is 1.25 bits per heavy atom. The lowest BCUT2D eigenvalue weighted by Crippen LogP contribution is -2.44. The Kier molecular flexibility index (Phi) is 5.33. The van der Waals surface area contributed by atoms with Crippen LogP contribution in [0.4, 0.5) is 0 Å². The van der Waals surface area contributed by atoms with Crippen molar-refractivity contribution in [3.05, 3.63) is 47.8 Å². The third-order valence-corrected chi connectivity index (χ3v) is 4.91. The van der Waals surface area contributed by atoms with E-state index in [9.17, 15) is 10.2 Å². The van der Waals surface area contributed by atoms with Crippen molar-refractivity contribution in [3.63, 3.8) is 0 Å². The summed E-state index contributed by atoms with van der Waals surface area (Å²) in [6, 6.07) is 8.50. The van der Waals surface area contributed by atoms with E-state index in [4.69, 9.17) is 0 Å². The van der Waals surface area contributed by atoms with Gasteiger partial charge in [-0.15, -0.1) is 0 Å². The predicted molar refractivity (Wildman–Crippen MR) is 94.1 cm³/mol. The topological polar surface area (TPSA) is 61.5 Å². The molecule has 130 valence electrons. The molecule has 3 rings (SSSR count). The Morgan fingerprint density at radius 3 is 2.62 bits per heavy atom. The van der Waals surface area contributed by atoms with E-state index in [2.05, 4.69) is 54.3 Å². The number of aromatic nitrogens is 2. The molecule has 1 saturated heterocycles. The molecule has 1 aliphatic heterocycles. The molecular weight excluding hydrogens is 302 g/mol. The monoisotopic (exact) mass is 329 g/mol. The number of rotatable bonds is 5. The van der Waals surface area contributed by atoms with Crippen LogP contribution in [0.1, 0.15) is 37.3 Å². The van der Waals surface area contributed by atoms with Crippen LogP contribution in [-0.4, -0.2) is 50.7 Å². The van der Waals surface area contributed by atoms with Gasteiger partial charge in [-0.3, -0.25) is 4.90 Å². The lowest BCUT2D eigenvalue weighted by Gasteiger charge is -2.34. The van der Waals surface area contributed by atoms with E-state index in [1.807, 2.05) is 10.9 Å². The number of likely N-dealkylation sites (tertiary alicyclic amines) is 1. The highest BCUT2D eigenvalue weighted by Gasteiger charge is 2.27. The zero-order valence-corrected chi connectivity index (χ0v) is 14.5. The Labute approximate surface area is 143 Å². The van der Waals surface area contributed by atoms with Gasteiger partial charge in [-0.25, -0.2) is 4.68 Å². The molecule has 2 heterocycles. The number of nitrogens with zero attached hydrogens (tertiary/aromatic N) is 3. The zero-order chi connectivity index (χ0) is 17.1. The number of hydrogen-bond donors (Lipinski definition) is 2. The Hall–Kier alpha value is -1.69. The Balaban J connectivity index is 1.63. The third-order valence-electron chi connectivity index (χ3n) is 4.91. The lowest BCUT2D eigenvalue weighted by atomic mass is 9.94. The summed E-state index contributed by atoms with van der Waals surface area (Å²) in [5.41, 5.74) is 3.52. The van der Waals surface area contributed by atoms with E-state index >= 15 is 0 Å². The molecule has 1 fully saturated rings. The normalized spacial score (nSPS) is 22.2. The van der Waals surface area contributed by atoms with E-state index in [0.717, 1.165) is 30.8 Å². The summed E-state index contributed by atoms with van der Waals surface area (Å²) in [6.45, 7) is 6.74. The molecule has 0 unspecified atom stereocenters. The molecule has 2 aromatic rings. The highest BCUT2D eigenvalue weighted by molar-refractivity contribution is 5.35. The van der Waals surface area contributed by atoms with Crippen LogP contribution in [0.3, 0.4) is 0 Å². The van der Waals surface area contributed by atoms with Crippen LogP contribution in [0.2, 0.25) is 0 Å². The average Bonchev–Trinajstić information content (AvgIpc) is 3.03. The van der Waals surface area contributed by atoms with Gasteiger partial charge >= 0.3 is 0 Å². The molecule has 1 aromatic carbocycles. The molecule has 1 aromatic heterocycles. The second-order valence-corrected chi connectivity index (χ2v) is 7.07. The van der Waals surface area contributed by atoms with Gasteiger partial charge in [0.15, 0.2) is 0 Å². The lowest BCUT2D eigenvalue weighted by molar-refractivity contribution is -0.00444. The van der Waals surface area contributed by atoms with Gasteiger partial charge in [0.2, 0.25) is 0 Å². The first-order valence-corrected chi connectivity index (χ1v) is 8.72. The van der Waals surface area contributed by atoms with Crippen LogP contribution in [0.15, 0.2) is 36.7 Å². The Morgan fingerprint density at radius 2 is 2.00 bits per heavy atom. The maximum absolute atomic E-state index is 10.0. The second-order valence-electron chi connectivity index (χ2n) is 7.07. The molecule has 1 aliphatic rings. The fourth-order valence-electron chi connectivity index (χ4n) is 3.26. The van der Waals surface area contributed by atoms with Gasteiger partial charge < -0.3 is 10.2 Å². The molecule has 0 aliphatic carbocycles. The highest BCUT2D eigenvalue weighted by atomic mass is 16.3. The Bertz CT molecular complexity index is 651. The zero-order valence-electron chi connectivity index (χ0n) is 14.5. The van der Waals surface area contributed by atoms with Crippen molar-refractivity contribution < 1.29 is 10.2 Å². The average molecular weight is 329 g/mol. The predicted octanol–water partition coefficient (Wildman–Crippen LogP) is 2.17. The van der Waals surface area contributed by atoms with Crippen LogP contribution in [-0.2, 0) is 6.54 Å². The van der Waals surface area contributed by atoms with Crippen molar-refractivity contribution in [1.29, 1.82) is 0 Å². The van der Waals surface area contributed by atoms with Gasteiger partial charge in [-0.05, 0) is 36.6 Å². The van der Waals surface area contributed by atoms with Gasteiger partial charge in [0, 0.05) is 37.4 Å². The number of piperidine rings is 1. The molecule has 0 amide bonds. The minimum atomic E-state index is -0.442. The van der Waals surface area contributed by atoms with Crippen molar-refractivity contribution in [3.8, 4) is 5.69 Å². The minimum Gasteiger partial charge on any atom is -0.396 e. The van der Waals surface area contributed by atoms with E-state index in [1.165, 1.54) is 5.56 Å². The first-order valence-electron chi connectivity index (χ1n) is 8.72. The van der Waals surface area contributed by atoms with Crippen molar-refractivity contribution in [2.75, 3.05) is 19.7 Å². The van der Waals surface area contributed by atoms with E-state index in [1.54, 1.807) is 0 Å². The number of aliphatic hydroxyl groups excluding tert-OH is 2. The summed E-state index contributed by atoms with van der Waals surface area (Å²) in [7, 11) is 0. The standard InChI is InChI=1S/C19H27N3O2/c1-14(2)16-3-5-18(6-4-16)22-11-15(9-20-22)10-21-8-7-17(13-23)19(24)12-21/h3-6,9,11,14,17,19,23-24H,7-8,10,12-13H2,1-2H3/t17-,19+/m1/s1.